The van der Waals surface area contributed by atoms with Gasteiger partial charge in [0, 0.05) is 11.9 Å². The Balaban J connectivity index is 2.28. The number of hydrogen-bond donors (Lipinski definition) is 1. The number of para-hydroxylation sites is 1. The van der Waals surface area contributed by atoms with Crippen molar-refractivity contribution in [2.45, 2.75) is 52.6 Å². The molecule has 0 radical (unpaired) electrons. The summed E-state index contributed by atoms with van der Waals surface area (Å²) in [6, 6.07) is 6.67. The molecule has 0 aliphatic carbocycles. The van der Waals surface area contributed by atoms with Crippen molar-refractivity contribution in [3.63, 3.8) is 0 Å². The van der Waals surface area contributed by atoms with Crippen molar-refractivity contribution in [2.24, 2.45) is 5.41 Å². The highest BCUT2D eigenvalue weighted by atomic mass is 19.1. The fraction of sp³-hybridized carbons (Fsp3) is 0.550. The third-order valence-corrected chi connectivity index (χ3v) is 4.45. The molecule has 6 nitrogen and oxygen atoms in total. The largest absolute Gasteiger partial charge is 0.467 e. The number of carbonyl (C=O) groups is 2. The summed E-state index contributed by atoms with van der Waals surface area (Å²) in [5.41, 5.74) is 0.607. The molecule has 0 bridgehead atoms. The predicted octanol–water partition coefficient (Wildman–Crippen LogP) is 3.49. The summed E-state index contributed by atoms with van der Waals surface area (Å²) in [6.45, 7) is 5.85. The van der Waals surface area contributed by atoms with E-state index in [2.05, 4.69) is 10.4 Å². The summed E-state index contributed by atoms with van der Waals surface area (Å²) in [7, 11) is 1.30. The molecule has 0 saturated carbocycles. The van der Waals surface area contributed by atoms with Gasteiger partial charge in [0.2, 0.25) is 0 Å². The van der Waals surface area contributed by atoms with Crippen LogP contribution in [0, 0.1) is 5.41 Å². The van der Waals surface area contributed by atoms with Gasteiger partial charge in [0.25, 0.3) is 5.91 Å². The van der Waals surface area contributed by atoms with Gasteiger partial charge in [-0.2, -0.15) is 5.10 Å². The van der Waals surface area contributed by atoms with E-state index in [1.165, 1.54) is 7.11 Å². The van der Waals surface area contributed by atoms with Crippen molar-refractivity contribution < 1.29 is 18.7 Å². The van der Waals surface area contributed by atoms with Crippen LogP contribution in [-0.4, -0.2) is 41.5 Å². The number of fused-ring (bicyclic) bond motifs is 1. The maximum atomic E-state index is 12.9. The Labute approximate surface area is 159 Å². The Hall–Kier alpha value is -2.44. The van der Waals surface area contributed by atoms with Gasteiger partial charge in [-0.3, -0.25) is 13.9 Å². The van der Waals surface area contributed by atoms with Gasteiger partial charge >= 0.3 is 5.97 Å². The van der Waals surface area contributed by atoms with E-state index in [0.29, 0.717) is 13.0 Å². The predicted molar refractivity (Wildman–Crippen MR) is 102 cm³/mol. The molecule has 0 saturated heterocycles. The topological polar surface area (TPSA) is 73.2 Å². The lowest BCUT2D eigenvalue weighted by Gasteiger charge is -2.28. The third kappa shape index (κ3) is 5.05. The van der Waals surface area contributed by atoms with E-state index in [-0.39, 0.29) is 12.4 Å². The molecule has 0 spiro atoms. The number of esters is 1. The number of nitrogens with one attached hydrogen (secondary N) is 1. The first kappa shape index (κ1) is 20.9. The molecule has 0 aliphatic heterocycles. The van der Waals surface area contributed by atoms with Gasteiger partial charge in [-0.05, 0) is 30.7 Å². The highest BCUT2D eigenvalue weighted by Crippen LogP contribution is 2.23. The minimum Gasteiger partial charge on any atom is -0.467 e. The highest BCUT2D eigenvalue weighted by Gasteiger charge is 2.34. The lowest BCUT2D eigenvalue weighted by Crippen LogP contribution is -2.49. The lowest BCUT2D eigenvalue weighted by molar-refractivity contribution is -0.145. The molecule has 1 N–H and O–H groups in total. The number of nitrogens with zero attached hydrogens (tertiary/aromatic N) is 2. The van der Waals surface area contributed by atoms with Crippen molar-refractivity contribution in [3.05, 3.63) is 30.0 Å². The number of amides is 1. The molecule has 0 aliphatic rings. The van der Waals surface area contributed by atoms with E-state index in [0.717, 1.165) is 23.7 Å². The van der Waals surface area contributed by atoms with Crippen molar-refractivity contribution in [1.82, 2.24) is 15.1 Å². The second kappa shape index (κ2) is 8.97. The first-order chi connectivity index (χ1) is 12.8. The maximum absolute atomic E-state index is 12.9. The molecule has 1 atom stereocenters. The summed E-state index contributed by atoms with van der Waals surface area (Å²) in [5.74, 6) is -0.912. The minimum absolute atomic E-state index is 0.272. The number of benzene rings is 1. The smallest absolute Gasteiger partial charge is 0.328 e. The monoisotopic (exact) mass is 377 g/mol. The SMILES string of the molecule is COC(=O)C(NC(=O)c1nn(CCCCCF)c2ccccc12)C(C)(C)C. The second-order valence-corrected chi connectivity index (χ2v) is 7.63. The standard InChI is InChI=1S/C20H28FN3O3/c1-20(2,3)17(19(26)27-4)22-18(25)16-14-10-6-7-11-15(14)24(23-16)13-9-5-8-12-21/h6-7,10-11,17H,5,8-9,12-13H2,1-4H3,(H,22,25). The summed E-state index contributed by atoms with van der Waals surface area (Å²) in [5, 5.41) is 7.95. The Morgan fingerprint density at radius 3 is 2.56 bits per heavy atom. The van der Waals surface area contributed by atoms with E-state index in [1.54, 1.807) is 4.68 Å². The van der Waals surface area contributed by atoms with Gasteiger partial charge in [-0.15, -0.1) is 0 Å². The summed E-state index contributed by atoms with van der Waals surface area (Å²) in [4.78, 5) is 25.0. The molecule has 7 heteroatoms. The van der Waals surface area contributed by atoms with Crippen molar-refractivity contribution in [1.29, 1.82) is 0 Å². The number of aromatic nitrogens is 2. The number of hydrogen-bond acceptors (Lipinski definition) is 4. The molecule has 1 aromatic heterocycles. The average molecular weight is 377 g/mol. The Morgan fingerprint density at radius 1 is 1.22 bits per heavy atom. The number of alkyl halides is 1. The zero-order chi connectivity index (χ0) is 20.0. The van der Waals surface area contributed by atoms with E-state index >= 15 is 0 Å². The molecule has 1 amide bonds. The number of halogens is 1. The van der Waals surface area contributed by atoms with E-state index in [1.807, 2.05) is 45.0 Å². The van der Waals surface area contributed by atoms with Crippen LogP contribution < -0.4 is 5.32 Å². The van der Waals surface area contributed by atoms with Crippen molar-refractivity contribution in [3.8, 4) is 0 Å². The van der Waals surface area contributed by atoms with Crippen LogP contribution in [0.5, 0.6) is 0 Å². The zero-order valence-electron chi connectivity index (χ0n) is 16.4. The molecule has 148 valence electrons. The third-order valence-electron chi connectivity index (χ3n) is 4.45. The number of carbonyl (C=O) groups excluding carboxylic acids is 2. The van der Waals surface area contributed by atoms with Crippen LogP contribution in [0.25, 0.3) is 10.9 Å². The van der Waals surface area contributed by atoms with Crippen molar-refractivity contribution in [2.75, 3.05) is 13.8 Å². The van der Waals surface area contributed by atoms with Crippen LogP contribution in [0.3, 0.4) is 0 Å². The maximum Gasteiger partial charge on any atom is 0.328 e. The fourth-order valence-corrected chi connectivity index (χ4v) is 2.94. The van der Waals surface area contributed by atoms with E-state index in [9.17, 15) is 14.0 Å². The number of rotatable bonds is 8. The number of unbranched alkanes of at least 4 members (excludes halogenated alkanes) is 2. The zero-order valence-corrected chi connectivity index (χ0v) is 16.4. The van der Waals surface area contributed by atoms with Gasteiger partial charge in [0.1, 0.15) is 6.04 Å². The molecule has 2 aromatic rings. The molecule has 1 unspecified atom stereocenters. The van der Waals surface area contributed by atoms with E-state index in [4.69, 9.17) is 4.74 Å². The Kier molecular flexibility index (Phi) is 6.93. The van der Waals surface area contributed by atoms with Gasteiger partial charge in [-0.25, -0.2) is 4.79 Å². The number of aryl methyl sites for hydroxylation is 1. The number of methoxy groups -OCH3 is 1. The molecule has 27 heavy (non-hydrogen) atoms. The fourth-order valence-electron chi connectivity index (χ4n) is 2.94. The highest BCUT2D eigenvalue weighted by molar-refractivity contribution is 6.06. The van der Waals surface area contributed by atoms with Crippen molar-refractivity contribution >= 4 is 22.8 Å². The van der Waals surface area contributed by atoms with Crippen LogP contribution in [0.1, 0.15) is 50.5 Å². The molecular weight excluding hydrogens is 349 g/mol. The second-order valence-electron chi connectivity index (χ2n) is 7.63. The number of ether oxygens (including phenoxy) is 1. The van der Waals surface area contributed by atoms with E-state index < -0.39 is 23.3 Å². The summed E-state index contributed by atoms with van der Waals surface area (Å²) in [6.07, 6.45) is 2.07. The molecular formula is C20H28FN3O3. The van der Waals surface area contributed by atoms with Crippen LogP contribution >= 0.6 is 0 Å². The van der Waals surface area contributed by atoms with Gasteiger partial charge < -0.3 is 10.1 Å². The molecule has 0 fully saturated rings. The van der Waals surface area contributed by atoms with Crippen LogP contribution in [0.2, 0.25) is 0 Å². The average Bonchev–Trinajstić information content (AvgIpc) is 3.00. The summed E-state index contributed by atoms with van der Waals surface area (Å²) >= 11 is 0. The molecule has 1 heterocycles. The lowest BCUT2D eigenvalue weighted by atomic mass is 9.86. The van der Waals surface area contributed by atoms with Crippen LogP contribution in [0.15, 0.2) is 24.3 Å². The van der Waals surface area contributed by atoms with Gasteiger partial charge in [0.05, 0.1) is 19.3 Å². The molecule has 2 rings (SSSR count). The Morgan fingerprint density at radius 2 is 1.93 bits per heavy atom. The first-order valence-electron chi connectivity index (χ1n) is 9.19. The van der Waals surface area contributed by atoms with Crippen LogP contribution in [0.4, 0.5) is 4.39 Å². The quantitative estimate of drug-likeness (QED) is 0.564. The van der Waals surface area contributed by atoms with Gasteiger partial charge in [-0.1, -0.05) is 39.0 Å². The molecule has 1 aromatic carbocycles. The minimum atomic E-state index is -0.788. The van der Waals surface area contributed by atoms with Gasteiger partial charge in [0.15, 0.2) is 5.69 Å². The van der Waals surface area contributed by atoms with Crippen LogP contribution in [-0.2, 0) is 16.1 Å². The summed E-state index contributed by atoms with van der Waals surface area (Å²) < 4.78 is 18.9. The Bertz CT molecular complexity index is 795. The first-order valence-corrected chi connectivity index (χ1v) is 9.19. The normalized spacial score (nSPS) is 12.8.